The Hall–Kier alpha value is -1.23. The summed E-state index contributed by atoms with van der Waals surface area (Å²) in [6.45, 7) is 2.00. The Balaban J connectivity index is 1.94. The Morgan fingerprint density at radius 1 is 1.39 bits per heavy atom. The van der Waals surface area contributed by atoms with E-state index in [2.05, 4.69) is 15.3 Å². The molecule has 1 unspecified atom stereocenters. The van der Waals surface area contributed by atoms with Gasteiger partial charge in [0.2, 0.25) is 0 Å². The van der Waals surface area contributed by atoms with Crippen molar-refractivity contribution in [3.05, 3.63) is 35.1 Å². The summed E-state index contributed by atoms with van der Waals surface area (Å²) in [4.78, 5) is 8.97. The van der Waals surface area contributed by atoms with E-state index in [-0.39, 0.29) is 6.04 Å². The SMILES string of the molecule is NC(c1cnc2cc(Cl)ccc2n1)[C@@H]1CCNC1. The fourth-order valence-corrected chi connectivity index (χ4v) is 2.55. The summed E-state index contributed by atoms with van der Waals surface area (Å²) in [5.74, 6) is 0.448. The third-order valence-electron chi connectivity index (χ3n) is 3.47. The van der Waals surface area contributed by atoms with E-state index in [9.17, 15) is 0 Å². The molecule has 0 amide bonds. The molecule has 1 saturated heterocycles. The van der Waals surface area contributed by atoms with E-state index < -0.39 is 0 Å². The fourth-order valence-electron chi connectivity index (χ4n) is 2.38. The second-order valence-electron chi connectivity index (χ2n) is 4.71. The summed E-state index contributed by atoms with van der Waals surface area (Å²) < 4.78 is 0. The number of hydrogen-bond acceptors (Lipinski definition) is 4. The summed E-state index contributed by atoms with van der Waals surface area (Å²) in [6.07, 6.45) is 2.86. The van der Waals surface area contributed by atoms with Gasteiger partial charge in [-0.1, -0.05) is 11.6 Å². The number of rotatable bonds is 2. The molecule has 1 aliphatic heterocycles. The lowest BCUT2D eigenvalue weighted by Gasteiger charge is -2.17. The molecule has 3 N–H and O–H groups in total. The quantitative estimate of drug-likeness (QED) is 0.868. The van der Waals surface area contributed by atoms with E-state index in [1.807, 2.05) is 18.2 Å². The lowest BCUT2D eigenvalue weighted by Crippen LogP contribution is -2.24. The smallest absolute Gasteiger partial charge is 0.0901 e. The van der Waals surface area contributed by atoms with Crippen molar-refractivity contribution < 1.29 is 0 Å². The van der Waals surface area contributed by atoms with Crippen molar-refractivity contribution in [1.29, 1.82) is 0 Å². The molecule has 0 radical (unpaired) electrons. The van der Waals surface area contributed by atoms with Crippen LogP contribution >= 0.6 is 11.6 Å². The molecule has 1 aromatic carbocycles. The van der Waals surface area contributed by atoms with Gasteiger partial charge in [0.05, 0.1) is 29.0 Å². The normalized spacial score (nSPS) is 21.3. The highest BCUT2D eigenvalue weighted by Gasteiger charge is 2.24. The van der Waals surface area contributed by atoms with Crippen LogP contribution in [0.4, 0.5) is 0 Å². The van der Waals surface area contributed by atoms with Crippen LogP contribution in [0.15, 0.2) is 24.4 Å². The molecule has 1 aliphatic rings. The predicted octanol–water partition coefficient (Wildman–Crippen LogP) is 1.89. The molecular formula is C13H15ClN4. The summed E-state index contributed by atoms with van der Waals surface area (Å²) in [5.41, 5.74) is 8.77. The predicted molar refractivity (Wildman–Crippen MR) is 72.5 cm³/mol. The van der Waals surface area contributed by atoms with Crippen LogP contribution < -0.4 is 11.1 Å². The molecule has 2 aromatic rings. The standard InChI is InChI=1S/C13H15ClN4/c14-9-1-2-10-11(5-9)17-7-12(18-10)13(15)8-3-4-16-6-8/h1-2,5,7-8,13,16H,3-4,6,15H2/t8-,13?/m1/s1. The molecular weight excluding hydrogens is 248 g/mol. The molecule has 0 aliphatic carbocycles. The number of halogens is 1. The third kappa shape index (κ3) is 2.19. The number of nitrogens with one attached hydrogen (secondary N) is 1. The van der Waals surface area contributed by atoms with Crippen molar-refractivity contribution in [3.63, 3.8) is 0 Å². The highest BCUT2D eigenvalue weighted by Crippen LogP contribution is 2.24. The molecule has 4 nitrogen and oxygen atoms in total. The number of fused-ring (bicyclic) bond motifs is 1. The van der Waals surface area contributed by atoms with Gasteiger partial charge >= 0.3 is 0 Å². The van der Waals surface area contributed by atoms with Gasteiger partial charge in [0.25, 0.3) is 0 Å². The second kappa shape index (κ2) is 4.80. The van der Waals surface area contributed by atoms with E-state index in [0.717, 1.165) is 36.2 Å². The van der Waals surface area contributed by atoms with Gasteiger partial charge in [0.1, 0.15) is 0 Å². The number of aromatic nitrogens is 2. The van der Waals surface area contributed by atoms with Crippen LogP contribution in [0.3, 0.4) is 0 Å². The molecule has 0 saturated carbocycles. The Morgan fingerprint density at radius 3 is 3.06 bits per heavy atom. The van der Waals surface area contributed by atoms with Gasteiger partial charge in [-0.05, 0) is 43.6 Å². The minimum atomic E-state index is -0.0485. The lowest BCUT2D eigenvalue weighted by atomic mass is 9.97. The summed E-state index contributed by atoms with van der Waals surface area (Å²) >= 11 is 5.92. The molecule has 3 rings (SSSR count). The van der Waals surface area contributed by atoms with Crippen molar-refractivity contribution in [2.24, 2.45) is 11.7 Å². The third-order valence-corrected chi connectivity index (χ3v) is 3.71. The van der Waals surface area contributed by atoms with Crippen LogP contribution in [0.5, 0.6) is 0 Å². The van der Waals surface area contributed by atoms with E-state index in [4.69, 9.17) is 17.3 Å². The fraction of sp³-hybridized carbons (Fsp3) is 0.385. The zero-order chi connectivity index (χ0) is 12.5. The van der Waals surface area contributed by atoms with Crippen LogP contribution in [0.1, 0.15) is 18.2 Å². The lowest BCUT2D eigenvalue weighted by molar-refractivity contribution is 0.461. The average molecular weight is 263 g/mol. The molecule has 5 heteroatoms. The molecule has 2 atom stereocenters. The Bertz CT molecular complexity index is 566. The maximum Gasteiger partial charge on any atom is 0.0901 e. The van der Waals surface area contributed by atoms with Crippen molar-refractivity contribution in [2.75, 3.05) is 13.1 Å². The first-order valence-electron chi connectivity index (χ1n) is 6.12. The summed E-state index contributed by atoms with van der Waals surface area (Å²) in [6, 6.07) is 5.47. The molecule has 94 valence electrons. The van der Waals surface area contributed by atoms with E-state index in [1.54, 1.807) is 6.20 Å². The average Bonchev–Trinajstić information content (AvgIpc) is 2.91. The molecule has 0 bridgehead atoms. The first kappa shape index (κ1) is 11.8. The Kier molecular flexibility index (Phi) is 3.16. The largest absolute Gasteiger partial charge is 0.322 e. The van der Waals surface area contributed by atoms with Crippen molar-refractivity contribution in [3.8, 4) is 0 Å². The van der Waals surface area contributed by atoms with E-state index in [1.165, 1.54) is 0 Å². The summed E-state index contributed by atoms with van der Waals surface area (Å²) in [7, 11) is 0. The van der Waals surface area contributed by atoms with Crippen molar-refractivity contribution in [1.82, 2.24) is 15.3 Å². The van der Waals surface area contributed by atoms with Crippen LogP contribution in [-0.4, -0.2) is 23.1 Å². The van der Waals surface area contributed by atoms with Crippen LogP contribution in [-0.2, 0) is 0 Å². The highest BCUT2D eigenvalue weighted by molar-refractivity contribution is 6.31. The van der Waals surface area contributed by atoms with Crippen LogP contribution in [0, 0.1) is 5.92 Å². The molecule has 18 heavy (non-hydrogen) atoms. The minimum absolute atomic E-state index is 0.0485. The highest BCUT2D eigenvalue weighted by atomic mass is 35.5. The van der Waals surface area contributed by atoms with Crippen LogP contribution in [0.2, 0.25) is 5.02 Å². The van der Waals surface area contributed by atoms with Gasteiger partial charge < -0.3 is 11.1 Å². The van der Waals surface area contributed by atoms with E-state index in [0.29, 0.717) is 10.9 Å². The van der Waals surface area contributed by atoms with E-state index >= 15 is 0 Å². The first-order valence-corrected chi connectivity index (χ1v) is 6.50. The van der Waals surface area contributed by atoms with Gasteiger partial charge in [-0.3, -0.25) is 4.98 Å². The molecule has 2 heterocycles. The minimum Gasteiger partial charge on any atom is -0.322 e. The topological polar surface area (TPSA) is 63.8 Å². The van der Waals surface area contributed by atoms with Crippen molar-refractivity contribution in [2.45, 2.75) is 12.5 Å². The van der Waals surface area contributed by atoms with Crippen LogP contribution in [0.25, 0.3) is 11.0 Å². The van der Waals surface area contributed by atoms with Gasteiger partial charge in [0, 0.05) is 5.02 Å². The van der Waals surface area contributed by atoms with Gasteiger partial charge in [-0.25, -0.2) is 4.98 Å². The second-order valence-corrected chi connectivity index (χ2v) is 5.14. The molecule has 1 aromatic heterocycles. The zero-order valence-electron chi connectivity index (χ0n) is 9.94. The maximum atomic E-state index is 6.25. The monoisotopic (exact) mass is 262 g/mol. The number of nitrogens with zero attached hydrogens (tertiary/aromatic N) is 2. The molecule has 1 fully saturated rings. The zero-order valence-corrected chi connectivity index (χ0v) is 10.7. The number of nitrogens with two attached hydrogens (primary N) is 1. The first-order chi connectivity index (χ1) is 8.74. The number of hydrogen-bond donors (Lipinski definition) is 2. The molecule has 0 spiro atoms. The Morgan fingerprint density at radius 2 is 2.28 bits per heavy atom. The Labute approximate surface area is 111 Å². The van der Waals surface area contributed by atoms with Gasteiger partial charge in [0.15, 0.2) is 0 Å². The van der Waals surface area contributed by atoms with Gasteiger partial charge in [-0.15, -0.1) is 0 Å². The van der Waals surface area contributed by atoms with Gasteiger partial charge in [-0.2, -0.15) is 0 Å². The maximum absolute atomic E-state index is 6.25. The summed E-state index contributed by atoms with van der Waals surface area (Å²) in [5, 5.41) is 4.00. The van der Waals surface area contributed by atoms with Crippen molar-refractivity contribution >= 4 is 22.6 Å². The number of benzene rings is 1.